The number of anilines is 1. The first-order chi connectivity index (χ1) is 7.92. The monoisotopic (exact) mass is 236 g/mol. The van der Waals surface area contributed by atoms with Gasteiger partial charge in [-0.25, -0.2) is 9.97 Å². The highest BCUT2D eigenvalue weighted by atomic mass is 16.2. The van der Waals surface area contributed by atoms with Crippen LogP contribution in [0.4, 0.5) is 5.95 Å². The lowest BCUT2D eigenvalue weighted by Crippen LogP contribution is -2.46. The molecule has 1 aromatic rings. The number of aromatic nitrogens is 2. The van der Waals surface area contributed by atoms with Crippen LogP contribution in [0.15, 0.2) is 18.5 Å². The zero-order chi connectivity index (χ0) is 12.9. The van der Waals surface area contributed by atoms with Gasteiger partial charge in [-0.3, -0.25) is 4.79 Å². The smallest absolute Gasteiger partial charge is 0.240 e. The van der Waals surface area contributed by atoms with Crippen molar-refractivity contribution in [1.29, 1.82) is 0 Å². The molecule has 1 aromatic heterocycles. The van der Waals surface area contributed by atoms with Gasteiger partial charge in [-0.05, 0) is 33.8 Å². The van der Waals surface area contributed by atoms with Crippen molar-refractivity contribution in [3.8, 4) is 0 Å². The zero-order valence-corrected chi connectivity index (χ0v) is 10.9. The SMILES string of the molecule is CCN(CC(=O)NC(C)(C)C)c1ncccn1. The summed E-state index contributed by atoms with van der Waals surface area (Å²) in [7, 11) is 0. The lowest BCUT2D eigenvalue weighted by molar-refractivity contribution is -0.121. The van der Waals surface area contributed by atoms with Crippen molar-refractivity contribution >= 4 is 11.9 Å². The summed E-state index contributed by atoms with van der Waals surface area (Å²) < 4.78 is 0. The Morgan fingerprint density at radius 1 is 1.35 bits per heavy atom. The van der Waals surface area contributed by atoms with Gasteiger partial charge in [0.15, 0.2) is 0 Å². The molecule has 0 aliphatic rings. The van der Waals surface area contributed by atoms with Gasteiger partial charge in [0.2, 0.25) is 11.9 Å². The van der Waals surface area contributed by atoms with Crippen LogP contribution in [-0.2, 0) is 4.79 Å². The number of carbonyl (C=O) groups is 1. The van der Waals surface area contributed by atoms with Gasteiger partial charge >= 0.3 is 0 Å². The van der Waals surface area contributed by atoms with Gasteiger partial charge in [-0.15, -0.1) is 0 Å². The number of nitrogens with one attached hydrogen (secondary N) is 1. The molecule has 1 amide bonds. The second kappa shape index (κ2) is 5.61. The van der Waals surface area contributed by atoms with Gasteiger partial charge in [0.1, 0.15) is 0 Å². The Hall–Kier alpha value is -1.65. The van der Waals surface area contributed by atoms with E-state index in [0.717, 1.165) is 0 Å². The fraction of sp³-hybridized carbons (Fsp3) is 0.583. The van der Waals surface area contributed by atoms with E-state index in [1.807, 2.05) is 32.6 Å². The van der Waals surface area contributed by atoms with Crippen molar-refractivity contribution in [2.75, 3.05) is 18.0 Å². The number of carbonyl (C=O) groups excluding carboxylic acids is 1. The first-order valence-corrected chi connectivity index (χ1v) is 5.75. The molecule has 0 unspecified atom stereocenters. The Labute approximate surface area is 102 Å². The Morgan fingerprint density at radius 3 is 2.41 bits per heavy atom. The van der Waals surface area contributed by atoms with Crippen molar-refractivity contribution in [2.45, 2.75) is 33.2 Å². The highest BCUT2D eigenvalue weighted by Gasteiger charge is 2.17. The van der Waals surface area contributed by atoms with E-state index >= 15 is 0 Å². The predicted molar refractivity (Wildman–Crippen MR) is 67.8 cm³/mol. The van der Waals surface area contributed by atoms with Crippen LogP contribution >= 0.6 is 0 Å². The molecule has 5 nitrogen and oxygen atoms in total. The fourth-order valence-corrected chi connectivity index (χ4v) is 1.41. The molecule has 5 heteroatoms. The minimum atomic E-state index is -0.214. The maximum Gasteiger partial charge on any atom is 0.240 e. The second-order valence-electron chi connectivity index (χ2n) is 4.86. The molecule has 94 valence electrons. The van der Waals surface area contributed by atoms with E-state index in [1.165, 1.54) is 0 Å². The van der Waals surface area contributed by atoms with Crippen LogP contribution in [0.2, 0.25) is 0 Å². The molecule has 0 bridgehead atoms. The molecule has 0 fully saturated rings. The maximum atomic E-state index is 11.8. The third-order valence-electron chi connectivity index (χ3n) is 2.07. The van der Waals surface area contributed by atoms with Crippen molar-refractivity contribution < 1.29 is 4.79 Å². The van der Waals surface area contributed by atoms with Crippen LogP contribution < -0.4 is 10.2 Å². The fourth-order valence-electron chi connectivity index (χ4n) is 1.41. The van der Waals surface area contributed by atoms with E-state index in [9.17, 15) is 4.79 Å². The Morgan fingerprint density at radius 2 is 1.94 bits per heavy atom. The van der Waals surface area contributed by atoms with Crippen LogP contribution in [0.1, 0.15) is 27.7 Å². The molecular weight excluding hydrogens is 216 g/mol. The summed E-state index contributed by atoms with van der Waals surface area (Å²) in [5, 5.41) is 2.92. The van der Waals surface area contributed by atoms with Crippen molar-refractivity contribution in [1.82, 2.24) is 15.3 Å². The quantitative estimate of drug-likeness (QED) is 0.854. The zero-order valence-electron chi connectivity index (χ0n) is 10.9. The van der Waals surface area contributed by atoms with Gasteiger partial charge in [0.05, 0.1) is 6.54 Å². The van der Waals surface area contributed by atoms with Crippen LogP contribution in [0, 0.1) is 0 Å². The minimum absolute atomic E-state index is 0.0215. The number of likely N-dealkylation sites (N-methyl/N-ethyl adjacent to an activating group) is 1. The van der Waals surface area contributed by atoms with Crippen LogP contribution in [-0.4, -0.2) is 34.5 Å². The van der Waals surface area contributed by atoms with Gasteiger partial charge in [-0.2, -0.15) is 0 Å². The standard InChI is InChI=1S/C12H20N4O/c1-5-16(11-13-7-6-8-14-11)9-10(17)15-12(2,3)4/h6-8H,5,9H2,1-4H3,(H,15,17). The predicted octanol–water partition coefficient (Wildman–Crippen LogP) is 1.22. The maximum absolute atomic E-state index is 11.8. The summed E-state index contributed by atoms with van der Waals surface area (Å²) in [5.74, 6) is 0.561. The molecule has 0 saturated heterocycles. The highest BCUT2D eigenvalue weighted by molar-refractivity contribution is 5.81. The topological polar surface area (TPSA) is 58.1 Å². The number of hydrogen-bond donors (Lipinski definition) is 1. The minimum Gasteiger partial charge on any atom is -0.350 e. The molecule has 0 atom stereocenters. The van der Waals surface area contributed by atoms with E-state index in [0.29, 0.717) is 12.5 Å². The van der Waals surface area contributed by atoms with Crippen molar-refractivity contribution in [3.63, 3.8) is 0 Å². The molecule has 0 saturated carbocycles. The molecule has 0 radical (unpaired) electrons. The summed E-state index contributed by atoms with van der Waals surface area (Å²) in [6.07, 6.45) is 3.35. The molecular formula is C12H20N4O. The van der Waals surface area contributed by atoms with E-state index in [-0.39, 0.29) is 18.0 Å². The van der Waals surface area contributed by atoms with Crippen LogP contribution in [0.5, 0.6) is 0 Å². The lowest BCUT2D eigenvalue weighted by atomic mass is 10.1. The van der Waals surface area contributed by atoms with Gasteiger partial charge < -0.3 is 10.2 Å². The van der Waals surface area contributed by atoms with Gasteiger partial charge in [0, 0.05) is 24.5 Å². The van der Waals surface area contributed by atoms with Gasteiger partial charge in [-0.1, -0.05) is 0 Å². The average Bonchev–Trinajstić information content (AvgIpc) is 2.24. The highest BCUT2D eigenvalue weighted by Crippen LogP contribution is 2.05. The molecule has 1 rings (SSSR count). The summed E-state index contributed by atoms with van der Waals surface area (Å²) in [4.78, 5) is 21.9. The molecule has 1 N–H and O–H groups in total. The lowest BCUT2D eigenvalue weighted by Gasteiger charge is -2.24. The Balaban J connectivity index is 2.62. The number of rotatable bonds is 4. The average molecular weight is 236 g/mol. The number of hydrogen-bond acceptors (Lipinski definition) is 4. The van der Waals surface area contributed by atoms with Crippen LogP contribution in [0.25, 0.3) is 0 Å². The summed E-state index contributed by atoms with van der Waals surface area (Å²) in [5.41, 5.74) is -0.214. The summed E-state index contributed by atoms with van der Waals surface area (Å²) >= 11 is 0. The van der Waals surface area contributed by atoms with E-state index < -0.39 is 0 Å². The molecule has 0 spiro atoms. The third-order valence-corrected chi connectivity index (χ3v) is 2.07. The molecule has 0 aliphatic carbocycles. The first kappa shape index (κ1) is 13.4. The third kappa shape index (κ3) is 4.80. The molecule has 0 aliphatic heterocycles. The Kier molecular flexibility index (Phi) is 4.43. The van der Waals surface area contributed by atoms with E-state index in [2.05, 4.69) is 15.3 Å². The molecule has 1 heterocycles. The second-order valence-corrected chi connectivity index (χ2v) is 4.86. The van der Waals surface area contributed by atoms with E-state index in [4.69, 9.17) is 0 Å². The largest absolute Gasteiger partial charge is 0.350 e. The van der Waals surface area contributed by atoms with E-state index in [1.54, 1.807) is 18.5 Å². The normalized spacial score (nSPS) is 11.1. The number of amides is 1. The molecule has 17 heavy (non-hydrogen) atoms. The molecule has 0 aromatic carbocycles. The van der Waals surface area contributed by atoms with Crippen molar-refractivity contribution in [2.24, 2.45) is 0 Å². The van der Waals surface area contributed by atoms with Gasteiger partial charge in [0.25, 0.3) is 0 Å². The Bertz CT molecular complexity index is 359. The summed E-state index contributed by atoms with van der Waals surface area (Å²) in [6, 6.07) is 1.76. The van der Waals surface area contributed by atoms with Crippen molar-refractivity contribution in [3.05, 3.63) is 18.5 Å². The number of nitrogens with zero attached hydrogens (tertiary/aromatic N) is 3. The summed E-state index contributed by atoms with van der Waals surface area (Å²) in [6.45, 7) is 8.82. The first-order valence-electron chi connectivity index (χ1n) is 5.75. The van der Waals surface area contributed by atoms with Crippen LogP contribution in [0.3, 0.4) is 0 Å².